The average Bonchev–Trinajstić information content (AvgIpc) is 3.56. The van der Waals surface area contributed by atoms with Gasteiger partial charge in [-0.2, -0.15) is 39.5 Å². The molecule has 46 heavy (non-hydrogen) atoms. The third kappa shape index (κ3) is 14.5. The molecule has 0 radical (unpaired) electrons. The lowest BCUT2D eigenvalue weighted by Crippen LogP contribution is -2.50. The van der Waals surface area contributed by atoms with Crippen molar-refractivity contribution in [3.8, 4) is 0 Å². The highest BCUT2D eigenvalue weighted by molar-refractivity contribution is 5.73. The van der Waals surface area contributed by atoms with Gasteiger partial charge in [-0.3, -0.25) is 14.8 Å². The van der Waals surface area contributed by atoms with Gasteiger partial charge in [-0.25, -0.2) is 14.4 Å². The number of rotatable bonds is 5. The van der Waals surface area contributed by atoms with Gasteiger partial charge in [0, 0.05) is 50.5 Å². The van der Waals surface area contributed by atoms with Crippen LogP contribution in [-0.2, 0) is 20.9 Å². The normalized spacial score (nSPS) is 22.4. The standard InChI is InChI=1S/C21H34N4.3C2HF3O2/c1-17(2)25-20(16-23-10-5-6-11-23)13-18-14-24(12-8-21(18)25)15-19-7-3-4-9-22-19;3*3-2(4,5)1(6)7/h3-4,7,9,17-18,20-21H,5-6,8,10-16H2,1-2H3;3*(H,6,7)/t18-,20+,21+;;;/m1.../s1. The number of pyridine rings is 1. The summed E-state index contributed by atoms with van der Waals surface area (Å²) in [6, 6.07) is 8.52. The number of nitrogens with zero attached hydrogens (tertiary/aromatic N) is 4. The first-order valence-corrected chi connectivity index (χ1v) is 14.1. The summed E-state index contributed by atoms with van der Waals surface area (Å²) in [5.74, 6) is -7.43. The molecule has 3 saturated heterocycles. The van der Waals surface area contributed by atoms with Crippen molar-refractivity contribution >= 4 is 17.9 Å². The molecule has 19 heteroatoms. The summed E-state index contributed by atoms with van der Waals surface area (Å²) in [4.78, 5) is 39.4. The monoisotopic (exact) mass is 684 g/mol. The van der Waals surface area contributed by atoms with Crippen LogP contribution in [0.1, 0.15) is 45.2 Å². The molecule has 1 aromatic rings. The fourth-order valence-electron chi connectivity index (χ4n) is 5.56. The molecule has 264 valence electrons. The van der Waals surface area contributed by atoms with Crippen molar-refractivity contribution in [2.75, 3.05) is 32.7 Å². The number of hydrogen-bond acceptors (Lipinski definition) is 7. The van der Waals surface area contributed by atoms with E-state index >= 15 is 0 Å². The van der Waals surface area contributed by atoms with Crippen LogP contribution in [0.25, 0.3) is 0 Å². The van der Waals surface area contributed by atoms with E-state index < -0.39 is 36.4 Å². The number of carboxylic acids is 3. The molecule has 1 aromatic heterocycles. The molecule has 0 spiro atoms. The maximum Gasteiger partial charge on any atom is 0.490 e. The molecule has 0 aromatic carbocycles. The quantitative estimate of drug-likeness (QED) is 0.373. The van der Waals surface area contributed by atoms with Crippen LogP contribution in [0.2, 0.25) is 0 Å². The van der Waals surface area contributed by atoms with Crippen LogP contribution in [0, 0.1) is 5.92 Å². The number of aliphatic carboxylic acids is 3. The Bertz CT molecular complexity index is 1040. The molecule has 0 saturated carbocycles. The molecule has 3 N–H and O–H groups in total. The Morgan fingerprint density at radius 3 is 1.70 bits per heavy atom. The van der Waals surface area contributed by atoms with E-state index in [1.165, 1.54) is 64.1 Å². The van der Waals surface area contributed by atoms with Crippen LogP contribution in [0.4, 0.5) is 39.5 Å². The Kier molecular flexibility index (Phi) is 15.7. The second-order valence-electron chi connectivity index (χ2n) is 11.0. The Morgan fingerprint density at radius 2 is 1.30 bits per heavy atom. The van der Waals surface area contributed by atoms with E-state index in [4.69, 9.17) is 29.7 Å². The molecule has 3 aliphatic rings. The van der Waals surface area contributed by atoms with Crippen LogP contribution in [0.5, 0.6) is 0 Å². The van der Waals surface area contributed by atoms with E-state index in [9.17, 15) is 39.5 Å². The minimum Gasteiger partial charge on any atom is -0.475 e. The Morgan fingerprint density at radius 1 is 0.826 bits per heavy atom. The van der Waals surface area contributed by atoms with Crippen molar-refractivity contribution in [2.45, 2.75) is 82.7 Å². The van der Waals surface area contributed by atoms with Crippen molar-refractivity contribution < 1.29 is 69.2 Å². The van der Waals surface area contributed by atoms with E-state index in [0.29, 0.717) is 6.04 Å². The molecule has 0 bridgehead atoms. The van der Waals surface area contributed by atoms with E-state index in [2.05, 4.69) is 45.7 Å². The fourth-order valence-corrected chi connectivity index (χ4v) is 5.56. The third-order valence-electron chi connectivity index (χ3n) is 7.26. The van der Waals surface area contributed by atoms with Crippen LogP contribution < -0.4 is 0 Å². The first kappa shape index (κ1) is 40.8. The number of aromatic nitrogens is 1. The number of alkyl halides is 9. The second-order valence-corrected chi connectivity index (χ2v) is 11.0. The predicted molar refractivity (Wildman–Crippen MR) is 144 cm³/mol. The molecule has 3 atom stereocenters. The Hall–Kier alpha value is -3.19. The highest BCUT2D eigenvalue weighted by Gasteiger charge is 2.45. The van der Waals surface area contributed by atoms with Crippen molar-refractivity contribution in [3.05, 3.63) is 30.1 Å². The molecule has 0 unspecified atom stereocenters. The van der Waals surface area contributed by atoms with E-state index in [1.807, 2.05) is 12.3 Å². The van der Waals surface area contributed by atoms with E-state index in [0.717, 1.165) is 24.5 Å². The third-order valence-corrected chi connectivity index (χ3v) is 7.26. The zero-order valence-electron chi connectivity index (χ0n) is 24.9. The lowest BCUT2D eigenvalue weighted by atomic mass is 9.91. The van der Waals surface area contributed by atoms with E-state index in [1.54, 1.807) is 0 Å². The van der Waals surface area contributed by atoms with Crippen molar-refractivity contribution in [3.63, 3.8) is 0 Å². The van der Waals surface area contributed by atoms with Gasteiger partial charge in [0.2, 0.25) is 0 Å². The number of fused-ring (bicyclic) bond motifs is 1. The Labute approximate surface area is 258 Å². The van der Waals surface area contributed by atoms with Crippen LogP contribution >= 0.6 is 0 Å². The van der Waals surface area contributed by atoms with Crippen molar-refractivity contribution in [1.82, 2.24) is 19.7 Å². The summed E-state index contributed by atoms with van der Waals surface area (Å²) in [6.45, 7) is 12.2. The summed E-state index contributed by atoms with van der Waals surface area (Å²) in [5, 5.41) is 21.4. The van der Waals surface area contributed by atoms with Gasteiger partial charge in [-0.1, -0.05) is 6.07 Å². The molecular formula is C27H37F9N4O6. The number of hydrogen-bond donors (Lipinski definition) is 3. The van der Waals surface area contributed by atoms with Gasteiger partial charge in [0.05, 0.1) is 5.69 Å². The minimum atomic E-state index is -5.08. The largest absolute Gasteiger partial charge is 0.490 e. The lowest BCUT2D eigenvalue weighted by molar-refractivity contribution is -0.193. The highest BCUT2D eigenvalue weighted by atomic mass is 19.4. The maximum atomic E-state index is 10.6. The number of carbonyl (C=O) groups is 3. The van der Waals surface area contributed by atoms with Gasteiger partial charge in [0.25, 0.3) is 0 Å². The molecule has 4 heterocycles. The summed E-state index contributed by atoms with van der Waals surface area (Å²) in [7, 11) is 0. The lowest BCUT2D eigenvalue weighted by Gasteiger charge is -2.40. The number of piperidine rings is 1. The molecule has 4 rings (SSSR count). The first-order valence-electron chi connectivity index (χ1n) is 14.1. The molecule has 3 fully saturated rings. The molecule has 3 aliphatic heterocycles. The van der Waals surface area contributed by atoms with Gasteiger partial charge in [0.15, 0.2) is 0 Å². The molecule has 10 nitrogen and oxygen atoms in total. The van der Waals surface area contributed by atoms with Gasteiger partial charge >= 0.3 is 36.4 Å². The van der Waals surface area contributed by atoms with Gasteiger partial charge < -0.3 is 20.2 Å². The summed E-state index contributed by atoms with van der Waals surface area (Å²) < 4.78 is 95.2. The smallest absolute Gasteiger partial charge is 0.475 e. The number of carboxylic acid groups (broad SMARTS) is 3. The van der Waals surface area contributed by atoms with Gasteiger partial charge in [-0.15, -0.1) is 0 Å². The van der Waals surface area contributed by atoms with Crippen LogP contribution in [0.15, 0.2) is 24.4 Å². The van der Waals surface area contributed by atoms with Crippen molar-refractivity contribution in [2.24, 2.45) is 5.92 Å². The zero-order chi connectivity index (χ0) is 35.5. The zero-order valence-corrected chi connectivity index (χ0v) is 24.9. The highest BCUT2D eigenvalue weighted by Crippen LogP contribution is 2.38. The van der Waals surface area contributed by atoms with Gasteiger partial charge in [0.1, 0.15) is 0 Å². The SMILES string of the molecule is CC(C)N1[C@H](CN2CCCC2)C[C@@H]2CN(Cc3ccccn3)CC[C@@H]21.O=C(O)C(F)(F)F.O=C(O)C(F)(F)F.O=C(O)C(F)(F)F. The summed E-state index contributed by atoms with van der Waals surface area (Å²) in [5.41, 5.74) is 1.22. The average molecular weight is 685 g/mol. The van der Waals surface area contributed by atoms with Crippen LogP contribution in [-0.4, -0.2) is 122 Å². The topological polar surface area (TPSA) is 135 Å². The summed E-state index contributed by atoms with van der Waals surface area (Å²) >= 11 is 0. The molecule has 0 aliphatic carbocycles. The summed E-state index contributed by atoms with van der Waals surface area (Å²) in [6.07, 6.45) is -7.81. The predicted octanol–water partition coefficient (Wildman–Crippen LogP) is 4.75. The van der Waals surface area contributed by atoms with E-state index in [-0.39, 0.29) is 0 Å². The van der Waals surface area contributed by atoms with Crippen molar-refractivity contribution in [1.29, 1.82) is 0 Å². The van der Waals surface area contributed by atoms with Gasteiger partial charge in [-0.05, 0) is 70.7 Å². The minimum absolute atomic E-state index is 0.671. The maximum absolute atomic E-state index is 10.6. The fraction of sp³-hybridized carbons (Fsp3) is 0.704. The first-order chi connectivity index (χ1) is 21.0. The number of likely N-dealkylation sites (tertiary alicyclic amines) is 3. The second kappa shape index (κ2) is 17.7. The Balaban J connectivity index is 0.000000413. The molecular weight excluding hydrogens is 647 g/mol. The number of halogens is 9. The van der Waals surface area contributed by atoms with Crippen LogP contribution in [0.3, 0.4) is 0 Å². The molecule has 0 amide bonds.